The molecular formula is C18H29NO. The molecule has 0 aromatic heterocycles. The molecule has 112 valence electrons. The van der Waals surface area contributed by atoms with Crippen LogP contribution >= 0.6 is 0 Å². The molecule has 1 N–H and O–H groups in total. The van der Waals surface area contributed by atoms with Crippen LogP contribution in [0.1, 0.15) is 56.2 Å². The topological polar surface area (TPSA) is 21.3 Å². The minimum atomic E-state index is 0.290. The summed E-state index contributed by atoms with van der Waals surface area (Å²) in [5, 5.41) is 3.64. The number of aryl methyl sites for hydroxylation is 1. The van der Waals surface area contributed by atoms with Gasteiger partial charge < -0.3 is 10.1 Å². The van der Waals surface area contributed by atoms with Crippen molar-refractivity contribution >= 4 is 0 Å². The van der Waals surface area contributed by atoms with Gasteiger partial charge in [-0.2, -0.15) is 0 Å². The molecule has 0 bridgehead atoms. The van der Waals surface area contributed by atoms with E-state index in [4.69, 9.17) is 4.74 Å². The number of methoxy groups -OCH3 is 1. The van der Waals surface area contributed by atoms with Gasteiger partial charge in [0.05, 0.1) is 12.1 Å². The highest BCUT2D eigenvalue weighted by Crippen LogP contribution is 2.34. The van der Waals surface area contributed by atoms with Crippen LogP contribution in [0.4, 0.5) is 0 Å². The summed E-state index contributed by atoms with van der Waals surface area (Å²) in [4.78, 5) is 0. The zero-order valence-electron chi connectivity index (χ0n) is 13.2. The third kappa shape index (κ3) is 3.83. The lowest BCUT2D eigenvalue weighted by atomic mass is 9.81. The Bertz CT molecular complexity index is 381. The SMILES string of the molecule is CCNC(c1ccc(C)cc1)C(OC)C1CCCCC1. The average molecular weight is 275 g/mol. The van der Waals surface area contributed by atoms with Crippen LogP contribution < -0.4 is 5.32 Å². The van der Waals surface area contributed by atoms with Gasteiger partial charge in [0.25, 0.3) is 0 Å². The van der Waals surface area contributed by atoms with E-state index in [0.717, 1.165) is 6.54 Å². The van der Waals surface area contributed by atoms with Gasteiger partial charge in [-0.25, -0.2) is 0 Å². The second-order valence-corrected chi connectivity index (χ2v) is 6.04. The summed E-state index contributed by atoms with van der Waals surface area (Å²) in [7, 11) is 1.87. The summed E-state index contributed by atoms with van der Waals surface area (Å²) < 4.78 is 5.93. The standard InChI is InChI=1S/C18H29NO/c1-4-19-17(15-12-10-14(2)11-13-15)18(20-3)16-8-6-5-7-9-16/h10-13,16-19H,4-9H2,1-3H3. The maximum atomic E-state index is 5.93. The maximum absolute atomic E-state index is 5.93. The molecule has 1 saturated carbocycles. The van der Waals surface area contributed by atoms with Crippen LogP contribution in [0.15, 0.2) is 24.3 Å². The second kappa shape index (κ2) is 7.80. The predicted molar refractivity (Wildman–Crippen MR) is 85.0 cm³/mol. The fourth-order valence-electron chi connectivity index (χ4n) is 3.48. The van der Waals surface area contributed by atoms with Gasteiger partial charge in [0.15, 0.2) is 0 Å². The number of likely N-dealkylation sites (N-methyl/N-ethyl adjacent to an activating group) is 1. The summed E-state index contributed by atoms with van der Waals surface area (Å²) in [5.74, 6) is 0.694. The van der Waals surface area contributed by atoms with Gasteiger partial charge in [-0.3, -0.25) is 0 Å². The second-order valence-electron chi connectivity index (χ2n) is 6.04. The lowest BCUT2D eigenvalue weighted by molar-refractivity contribution is 0.00792. The van der Waals surface area contributed by atoms with Crippen LogP contribution in [0, 0.1) is 12.8 Å². The molecule has 2 heteroatoms. The minimum Gasteiger partial charge on any atom is -0.379 e. The van der Waals surface area contributed by atoms with Crippen molar-refractivity contribution in [3.63, 3.8) is 0 Å². The average Bonchev–Trinajstić information content (AvgIpc) is 2.49. The Morgan fingerprint density at radius 1 is 1.15 bits per heavy atom. The summed E-state index contributed by atoms with van der Waals surface area (Å²) in [6.45, 7) is 5.29. The Labute approximate surface area is 123 Å². The van der Waals surface area contributed by atoms with Gasteiger partial charge >= 0.3 is 0 Å². The van der Waals surface area contributed by atoms with Gasteiger partial charge in [0.1, 0.15) is 0 Å². The Hall–Kier alpha value is -0.860. The van der Waals surface area contributed by atoms with E-state index in [-0.39, 0.29) is 6.10 Å². The third-order valence-electron chi connectivity index (χ3n) is 4.58. The molecule has 2 atom stereocenters. The number of hydrogen-bond donors (Lipinski definition) is 1. The smallest absolute Gasteiger partial charge is 0.0794 e. The highest BCUT2D eigenvalue weighted by Gasteiger charge is 2.31. The molecule has 2 rings (SSSR count). The zero-order valence-corrected chi connectivity index (χ0v) is 13.2. The molecule has 2 unspecified atom stereocenters. The molecule has 1 fully saturated rings. The molecular weight excluding hydrogens is 246 g/mol. The van der Waals surface area contributed by atoms with Crippen LogP contribution in [0.5, 0.6) is 0 Å². The highest BCUT2D eigenvalue weighted by atomic mass is 16.5. The Balaban J connectivity index is 2.17. The highest BCUT2D eigenvalue weighted by molar-refractivity contribution is 5.25. The fourth-order valence-corrected chi connectivity index (χ4v) is 3.48. The van der Waals surface area contributed by atoms with Crippen molar-refractivity contribution in [3.8, 4) is 0 Å². The van der Waals surface area contributed by atoms with Crippen LogP contribution in [0.3, 0.4) is 0 Å². The van der Waals surface area contributed by atoms with Crippen molar-refractivity contribution in [2.75, 3.05) is 13.7 Å². The van der Waals surface area contributed by atoms with Crippen LogP contribution in [0.25, 0.3) is 0 Å². The van der Waals surface area contributed by atoms with Crippen molar-refractivity contribution in [1.82, 2.24) is 5.32 Å². The molecule has 1 aliphatic rings. The van der Waals surface area contributed by atoms with E-state index in [9.17, 15) is 0 Å². The first-order valence-corrected chi connectivity index (χ1v) is 8.09. The van der Waals surface area contributed by atoms with Gasteiger partial charge in [0.2, 0.25) is 0 Å². The first-order valence-electron chi connectivity index (χ1n) is 8.09. The van der Waals surface area contributed by atoms with Crippen molar-refractivity contribution in [3.05, 3.63) is 35.4 Å². The fraction of sp³-hybridized carbons (Fsp3) is 0.667. The molecule has 2 nitrogen and oxygen atoms in total. The van der Waals surface area contributed by atoms with Gasteiger partial charge in [0, 0.05) is 7.11 Å². The largest absolute Gasteiger partial charge is 0.379 e. The van der Waals surface area contributed by atoms with Gasteiger partial charge in [-0.15, -0.1) is 0 Å². The predicted octanol–water partition coefficient (Wildman–Crippen LogP) is 4.24. The number of hydrogen-bond acceptors (Lipinski definition) is 2. The first-order chi connectivity index (χ1) is 9.76. The normalized spacial score (nSPS) is 19.8. The number of nitrogens with one attached hydrogen (secondary N) is 1. The lowest BCUT2D eigenvalue weighted by Gasteiger charge is -2.35. The number of ether oxygens (including phenoxy) is 1. The molecule has 1 aliphatic carbocycles. The van der Waals surface area contributed by atoms with Crippen molar-refractivity contribution < 1.29 is 4.74 Å². The van der Waals surface area contributed by atoms with E-state index < -0.39 is 0 Å². The first kappa shape index (κ1) is 15.5. The molecule has 1 aromatic rings. The molecule has 1 aromatic carbocycles. The van der Waals surface area contributed by atoms with E-state index in [1.807, 2.05) is 7.11 Å². The van der Waals surface area contributed by atoms with Gasteiger partial charge in [-0.05, 0) is 37.8 Å². The molecule has 0 amide bonds. The maximum Gasteiger partial charge on any atom is 0.0794 e. The molecule has 0 spiro atoms. The molecule has 20 heavy (non-hydrogen) atoms. The molecule has 0 heterocycles. The number of benzene rings is 1. The van der Waals surface area contributed by atoms with E-state index in [0.29, 0.717) is 12.0 Å². The lowest BCUT2D eigenvalue weighted by Crippen LogP contribution is -2.39. The van der Waals surface area contributed by atoms with Crippen LogP contribution in [-0.4, -0.2) is 19.8 Å². The Morgan fingerprint density at radius 2 is 1.80 bits per heavy atom. The van der Waals surface area contributed by atoms with Crippen LogP contribution in [0.2, 0.25) is 0 Å². The zero-order chi connectivity index (χ0) is 14.4. The van der Waals surface area contributed by atoms with Crippen molar-refractivity contribution in [2.45, 2.75) is 58.1 Å². The quantitative estimate of drug-likeness (QED) is 0.838. The van der Waals surface area contributed by atoms with Crippen molar-refractivity contribution in [1.29, 1.82) is 0 Å². The Kier molecular flexibility index (Phi) is 6.06. The molecule has 0 aliphatic heterocycles. The summed E-state index contributed by atoms with van der Waals surface area (Å²) in [6.07, 6.45) is 7.02. The monoisotopic (exact) mass is 275 g/mol. The van der Waals surface area contributed by atoms with Crippen LogP contribution in [-0.2, 0) is 4.74 Å². The van der Waals surface area contributed by atoms with E-state index >= 15 is 0 Å². The van der Waals surface area contributed by atoms with E-state index in [1.165, 1.54) is 43.2 Å². The molecule has 0 radical (unpaired) electrons. The number of rotatable bonds is 6. The molecule has 0 saturated heterocycles. The van der Waals surface area contributed by atoms with E-state index in [2.05, 4.69) is 43.4 Å². The van der Waals surface area contributed by atoms with Crippen molar-refractivity contribution in [2.24, 2.45) is 5.92 Å². The Morgan fingerprint density at radius 3 is 2.35 bits per heavy atom. The minimum absolute atomic E-state index is 0.290. The summed E-state index contributed by atoms with van der Waals surface area (Å²) >= 11 is 0. The summed E-state index contributed by atoms with van der Waals surface area (Å²) in [6, 6.07) is 9.21. The van der Waals surface area contributed by atoms with Gasteiger partial charge in [-0.1, -0.05) is 56.0 Å². The third-order valence-corrected chi connectivity index (χ3v) is 4.58. The van der Waals surface area contributed by atoms with E-state index in [1.54, 1.807) is 0 Å². The summed E-state index contributed by atoms with van der Waals surface area (Å²) in [5.41, 5.74) is 2.67.